The highest BCUT2D eigenvalue weighted by Gasteiger charge is 2.06. The van der Waals surface area contributed by atoms with Crippen molar-refractivity contribution in [3.8, 4) is 0 Å². The third-order valence-electron chi connectivity index (χ3n) is 5.06. The van der Waals surface area contributed by atoms with Crippen LogP contribution in [0, 0.1) is 5.41 Å². The van der Waals surface area contributed by atoms with Crippen molar-refractivity contribution < 1.29 is 14.3 Å². The van der Waals surface area contributed by atoms with Gasteiger partial charge < -0.3 is 26.0 Å². The van der Waals surface area contributed by atoms with Crippen LogP contribution in [0.25, 0.3) is 0 Å². The van der Waals surface area contributed by atoms with Gasteiger partial charge >= 0.3 is 0 Å². The highest BCUT2D eigenvalue weighted by molar-refractivity contribution is 5.83. The minimum atomic E-state index is -0.228. The highest BCUT2D eigenvalue weighted by atomic mass is 16.5. The van der Waals surface area contributed by atoms with Crippen molar-refractivity contribution in [2.75, 3.05) is 39.9 Å². The molecule has 0 aliphatic heterocycles. The molecular weight excluding hydrogens is 478 g/mol. The summed E-state index contributed by atoms with van der Waals surface area (Å²) in [7, 11) is 1.57. The molecule has 5 N–H and O–H groups in total. The number of likely N-dealkylation sites (N-methyl/N-ethyl adjacent to an activating group) is 1. The fourth-order valence-electron chi connectivity index (χ4n) is 2.93. The van der Waals surface area contributed by atoms with E-state index in [1.807, 2.05) is 6.08 Å². The lowest BCUT2D eigenvalue weighted by atomic mass is 10.2. The van der Waals surface area contributed by atoms with Gasteiger partial charge in [-0.3, -0.25) is 15.0 Å². The molecule has 0 aromatic rings. The Bertz CT molecular complexity index is 813. The Balaban J connectivity index is 3.58. The number of carbonyl (C=O) groups excluding carboxylic acids is 2. The van der Waals surface area contributed by atoms with Gasteiger partial charge in [0.2, 0.25) is 11.8 Å². The number of guanidine groups is 1. The van der Waals surface area contributed by atoms with Crippen LogP contribution >= 0.6 is 0 Å². The molecule has 212 valence electrons. The van der Waals surface area contributed by atoms with E-state index >= 15 is 0 Å². The first kappa shape index (κ1) is 34.6. The normalized spacial score (nSPS) is 12.2. The van der Waals surface area contributed by atoms with Crippen molar-refractivity contribution in [2.24, 2.45) is 5.73 Å². The summed E-state index contributed by atoms with van der Waals surface area (Å²) in [6.45, 7) is 3.71. The molecule has 0 aliphatic rings. The highest BCUT2D eigenvalue weighted by Crippen LogP contribution is 1.97. The standard InChI is InChI=1S/C30H49N5O3/c1-3-4-5-6-7-8-9-10-11-12-13-14-15-16-17-18-19-20-21-22-28(36)33-23-25-38-26-24-34-29(37)27-35(2)30(31)32/h4-5,7-8,10-11,13-14,16-17,19-20H,3,6,9,12,15,18,21-27H2,1-2H3,(H3,31,32)(H,33,36)(H,34,37). The SMILES string of the molecule is CCC=CCC=CCC=CCC=CCC=CCC=CCCC(=O)NCCOCCNC(=O)CN(C)C(=N)N. The van der Waals surface area contributed by atoms with E-state index in [0.29, 0.717) is 39.1 Å². The first-order chi connectivity index (χ1) is 18.5. The number of hydrogen-bond acceptors (Lipinski definition) is 4. The van der Waals surface area contributed by atoms with Crippen LogP contribution in [0.15, 0.2) is 72.9 Å². The lowest BCUT2D eigenvalue weighted by Crippen LogP contribution is -2.42. The van der Waals surface area contributed by atoms with Crippen molar-refractivity contribution in [1.82, 2.24) is 15.5 Å². The first-order valence-corrected chi connectivity index (χ1v) is 13.5. The molecule has 0 aromatic heterocycles. The fraction of sp³-hybridized carbons (Fsp3) is 0.500. The zero-order valence-electron chi connectivity index (χ0n) is 23.4. The van der Waals surface area contributed by atoms with Gasteiger partial charge in [0.15, 0.2) is 5.96 Å². The van der Waals surface area contributed by atoms with Gasteiger partial charge in [0.1, 0.15) is 0 Å². The number of carbonyl (C=O) groups is 2. The van der Waals surface area contributed by atoms with E-state index in [1.165, 1.54) is 4.90 Å². The molecule has 0 spiro atoms. The molecule has 0 saturated carbocycles. The number of amides is 2. The van der Waals surface area contributed by atoms with Crippen LogP contribution in [0.2, 0.25) is 0 Å². The van der Waals surface area contributed by atoms with Crippen LogP contribution in [-0.4, -0.2) is 62.6 Å². The second-order valence-corrected chi connectivity index (χ2v) is 8.51. The molecule has 0 aliphatic carbocycles. The average molecular weight is 528 g/mol. The maximum atomic E-state index is 11.8. The lowest BCUT2D eigenvalue weighted by Gasteiger charge is -2.15. The molecule has 8 heteroatoms. The largest absolute Gasteiger partial charge is 0.378 e. The van der Waals surface area contributed by atoms with E-state index in [2.05, 4.69) is 84.4 Å². The Kier molecular flexibility index (Phi) is 24.3. The first-order valence-electron chi connectivity index (χ1n) is 13.5. The van der Waals surface area contributed by atoms with E-state index in [-0.39, 0.29) is 24.3 Å². The number of nitrogens with zero attached hydrogens (tertiary/aromatic N) is 1. The van der Waals surface area contributed by atoms with Gasteiger partial charge in [-0.25, -0.2) is 0 Å². The van der Waals surface area contributed by atoms with Crippen LogP contribution in [0.4, 0.5) is 0 Å². The molecule has 0 radical (unpaired) electrons. The predicted octanol–water partition coefficient (Wildman–Crippen LogP) is 4.54. The zero-order valence-corrected chi connectivity index (χ0v) is 23.4. The Morgan fingerprint density at radius 2 is 1.16 bits per heavy atom. The topological polar surface area (TPSA) is 121 Å². The van der Waals surface area contributed by atoms with Crippen molar-refractivity contribution >= 4 is 17.8 Å². The number of hydrogen-bond donors (Lipinski definition) is 4. The van der Waals surface area contributed by atoms with Crippen LogP contribution in [0.1, 0.15) is 58.3 Å². The summed E-state index contributed by atoms with van der Waals surface area (Å²) in [5, 5.41) is 12.7. The Morgan fingerprint density at radius 3 is 1.61 bits per heavy atom. The maximum absolute atomic E-state index is 11.8. The summed E-state index contributed by atoms with van der Waals surface area (Å²) in [6.07, 6.45) is 33.0. The third-order valence-corrected chi connectivity index (χ3v) is 5.06. The molecule has 0 saturated heterocycles. The zero-order chi connectivity index (χ0) is 28.1. The molecular formula is C30H49N5O3. The summed E-state index contributed by atoms with van der Waals surface area (Å²) in [6, 6.07) is 0. The molecule has 2 amide bonds. The maximum Gasteiger partial charge on any atom is 0.239 e. The van der Waals surface area contributed by atoms with Gasteiger partial charge in [-0.05, 0) is 44.9 Å². The molecule has 0 heterocycles. The quantitative estimate of drug-likeness (QED) is 0.0713. The Morgan fingerprint density at radius 1 is 0.737 bits per heavy atom. The van der Waals surface area contributed by atoms with Gasteiger partial charge in [0.25, 0.3) is 0 Å². The van der Waals surface area contributed by atoms with Gasteiger partial charge in [0.05, 0.1) is 19.8 Å². The molecule has 0 aromatic carbocycles. The fourth-order valence-corrected chi connectivity index (χ4v) is 2.93. The van der Waals surface area contributed by atoms with E-state index in [4.69, 9.17) is 15.9 Å². The number of rotatable bonds is 22. The second kappa shape index (κ2) is 26.7. The molecule has 38 heavy (non-hydrogen) atoms. The van der Waals surface area contributed by atoms with Crippen molar-refractivity contribution in [1.29, 1.82) is 5.41 Å². The second-order valence-electron chi connectivity index (χ2n) is 8.51. The minimum absolute atomic E-state index is 0.00583. The van der Waals surface area contributed by atoms with Crippen LogP contribution < -0.4 is 16.4 Å². The molecule has 0 atom stereocenters. The third kappa shape index (κ3) is 25.7. The minimum Gasteiger partial charge on any atom is -0.378 e. The molecule has 8 nitrogen and oxygen atoms in total. The van der Waals surface area contributed by atoms with Crippen LogP contribution in [0.3, 0.4) is 0 Å². The summed E-state index contributed by atoms with van der Waals surface area (Å²) >= 11 is 0. The van der Waals surface area contributed by atoms with Crippen molar-refractivity contribution in [3.05, 3.63) is 72.9 Å². The van der Waals surface area contributed by atoms with Gasteiger partial charge in [0, 0.05) is 26.6 Å². The van der Waals surface area contributed by atoms with E-state index < -0.39 is 0 Å². The Hall–Kier alpha value is -3.39. The predicted molar refractivity (Wildman–Crippen MR) is 159 cm³/mol. The van der Waals surface area contributed by atoms with Crippen molar-refractivity contribution in [2.45, 2.75) is 58.3 Å². The Labute approximate surface area is 230 Å². The molecule has 0 unspecified atom stereocenters. The van der Waals surface area contributed by atoms with E-state index in [0.717, 1.165) is 38.5 Å². The summed E-state index contributed by atoms with van der Waals surface area (Å²) in [5.41, 5.74) is 5.28. The van der Waals surface area contributed by atoms with Gasteiger partial charge in [-0.1, -0.05) is 79.8 Å². The van der Waals surface area contributed by atoms with Crippen molar-refractivity contribution in [3.63, 3.8) is 0 Å². The van der Waals surface area contributed by atoms with Gasteiger partial charge in [-0.15, -0.1) is 0 Å². The monoisotopic (exact) mass is 527 g/mol. The van der Waals surface area contributed by atoms with Crippen LogP contribution in [-0.2, 0) is 14.3 Å². The van der Waals surface area contributed by atoms with Crippen LogP contribution in [0.5, 0.6) is 0 Å². The lowest BCUT2D eigenvalue weighted by molar-refractivity contribution is -0.121. The summed E-state index contributed by atoms with van der Waals surface area (Å²) in [5.74, 6) is -0.393. The van der Waals surface area contributed by atoms with Gasteiger partial charge in [-0.2, -0.15) is 0 Å². The average Bonchev–Trinajstić information content (AvgIpc) is 2.89. The number of nitrogens with two attached hydrogens (primary N) is 1. The van der Waals surface area contributed by atoms with E-state index in [1.54, 1.807) is 7.05 Å². The molecule has 0 bridgehead atoms. The van der Waals surface area contributed by atoms with E-state index in [9.17, 15) is 9.59 Å². The molecule has 0 rings (SSSR count). The number of nitrogens with one attached hydrogen (secondary N) is 3. The summed E-state index contributed by atoms with van der Waals surface area (Å²) < 4.78 is 5.39. The molecule has 0 fully saturated rings. The number of ether oxygens (including phenoxy) is 1. The smallest absolute Gasteiger partial charge is 0.239 e. The summed E-state index contributed by atoms with van der Waals surface area (Å²) in [4.78, 5) is 24.8. The number of allylic oxidation sites excluding steroid dienone is 12.